The maximum Gasteiger partial charge on any atom is 0.338 e. The van der Waals surface area contributed by atoms with Gasteiger partial charge in [0.1, 0.15) is 5.65 Å². The van der Waals surface area contributed by atoms with Crippen LogP contribution in [-0.4, -0.2) is 47.8 Å². The van der Waals surface area contributed by atoms with Gasteiger partial charge < -0.3 is 18.9 Å². The number of pyridine rings is 1. The summed E-state index contributed by atoms with van der Waals surface area (Å²) in [6.07, 6.45) is 33.2. The minimum atomic E-state index is -0.442. The molecule has 0 aliphatic carbocycles. The summed E-state index contributed by atoms with van der Waals surface area (Å²) in [6.45, 7) is 15.0. The van der Waals surface area contributed by atoms with Gasteiger partial charge in [0.15, 0.2) is 11.5 Å². The summed E-state index contributed by atoms with van der Waals surface area (Å²) in [4.78, 5) is 49.1. The van der Waals surface area contributed by atoms with Crippen molar-refractivity contribution in [1.82, 2.24) is 9.38 Å². The highest BCUT2D eigenvalue weighted by Crippen LogP contribution is 2.46. The molecule has 0 N–H and O–H groups in total. The topological polar surface area (TPSA) is 105 Å². The van der Waals surface area contributed by atoms with Gasteiger partial charge in [0.25, 0.3) is 5.56 Å². The number of nitrogens with zero attached hydrogens (tertiary/aromatic N) is 2. The summed E-state index contributed by atoms with van der Waals surface area (Å²) < 4.78 is 27.2. The Bertz CT molecular complexity index is 3180. The zero-order chi connectivity index (χ0) is 55.5. The molecule has 0 saturated heterocycles. The molecule has 0 spiro atoms. The van der Waals surface area contributed by atoms with Gasteiger partial charge in [-0.25, -0.2) is 14.6 Å². The van der Waals surface area contributed by atoms with Gasteiger partial charge >= 0.3 is 11.9 Å². The lowest BCUT2D eigenvalue weighted by molar-refractivity contribution is 0.0429. The third kappa shape index (κ3) is 14.3. The molecule has 9 heteroatoms. The van der Waals surface area contributed by atoms with Gasteiger partial charge in [-0.05, 0) is 94.1 Å². The minimum absolute atomic E-state index is 0.144. The average Bonchev–Trinajstić information content (AvgIpc) is 3.52. The fourth-order valence-corrected chi connectivity index (χ4v) is 12.3. The fraction of sp³-hybridized carbons (Fsp3) is 0.571. The van der Waals surface area contributed by atoms with Gasteiger partial charge in [-0.3, -0.25) is 9.20 Å². The van der Waals surface area contributed by atoms with Crippen molar-refractivity contribution >= 4 is 82.5 Å². The summed E-state index contributed by atoms with van der Waals surface area (Å²) >= 11 is 0. The Kier molecular flexibility index (Phi) is 22.7. The van der Waals surface area contributed by atoms with Crippen LogP contribution >= 0.6 is 0 Å². The molecule has 0 amide bonds. The van der Waals surface area contributed by atoms with E-state index in [1.54, 1.807) is 4.40 Å². The molecule has 2 atom stereocenters. The number of ether oxygens (including phenoxy) is 4. The van der Waals surface area contributed by atoms with E-state index in [1.807, 2.05) is 48.5 Å². The Hall–Kier alpha value is -5.70. The first-order valence-electron chi connectivity index (χ1n) is 31.7. The lowest BCUT2D eigenvalue weighted by Gasteiger charge is -2.20. The molecule has 2 aromatic heterocycles. The highest BCUT2D eigenvalue weighted by Gasteiger charge is 2.27. The van der Waals surface area contributed by atoms with E-state index in [0.717, 1.165) is 120 Å². The van der Waals surface area contributed by atoms with Crippen molar-refractivity contribution in [2.24, 2.45) is 11.8 Å². The predicted octanol–water partition coefficient (Wildman–Crippen LogP) is 19.8. The van der Waals surface area contributed by atoms with Gasteiger partial charge in [-0.2, -0.15) is 0 Å². The van der Waals surface area contributed by atoms with Crippen LogP contribution in [0.1, 0.15) is 242 Å². The predicted molar refractivity (Wildman–Crippen MR) is 331 cm³/mol. The first-order chi connectivity index (χ1) is 38.8. The van der Waals surface area contributed by atoms with Crippen LogP contribution in [0.3, 0.4) is 0 Å². The van der Waals surface area contributed by atoms with Crippen molar-refractivity contribution in [1.29, 1.82) is 0 Å². The number of carbonyl (C=O) groups excluding carboxylic acids is 2. The molecule has 426 valence electrons. The van der Waals surface area contributed by atoms with Crippen LogP contribution in [0.15, 0.2) is 65.5 Å². The molecular weight excluding hydrogens is 981 g/mol. The molecule has 0 saturated carbocycles. The molecule has 6 aromatic carbocycles. The van der Waals surface area contributed by atoms with E-state index in [0.29, 0.717) is 76.5 Å². The Morgan fingerprint density at radius 2 is 0.823 bits per heavy atom. The molecule has 79 heavy (non-hydrogen) atoms. The molecule has 9 nitrogen and oxygen atoms in total. The maximum absolute atomic E-state index is 15.1. The second kappa shape index (κ2) is 30.2. The lowest BCUT2D eigenvalue weighted by atomic mass is 9.85. The number of carbonyl (C=O) groups is 2. The number of rotatable bonds is 38. The standard InChI is InChI=1S/C70H94N2O7/c1-7-13-17-19-21-23-25-27-29-31-43-76-61-45-59-60(46-62(61)77-44-32-30-28-26-24-22-20-18-14-8-2)72-67(71-59)55-39-35-51-53-37-41-57(69(74)78-47-49(11-5)33-15-9-3)66-58(70(75)79-48-50(12-6)34-16-10-4)42-38-54(64(53)66)52-36-40-56(68(72)73)65(55)63(51)52/h35-42,45-46,49-50H,7-34,43-44,47-48H2,1-6H3. The van der Waals surface area contributed by atoms with E-state index in [-0.39, 0.29) is 17.4 Å². The SMILES string of the molecule is CCCCCCCCCCCCOc1cc2nc3c4ccc5c6ccc(C(=O)OCC(CC)CCCC)c7c(C(=O)OCC(CC)CCCC)ccc(c8ccc(c(=O)n3c2cc1OCCCCCCCCCCCC)c4c85)c76. The minimum Gasteiger partial charge on any atom is -0.490 e. The summed E-state index contributed by atoms with van der Waals surface area (Å²) in [5.41, 5.74) is 2.53. The number of unbranched alkanes of at least 4 members (excludes halogenated alkanes) is 20. The number of esters is 2. The molecule has 8 aromatic rings. The second-order valence-corrected chi connectivity index (χ2v) is 23.1. The normalized spacial score (nSPS) is 12.8. The largest absolute Gasteiger partial charge is 0.490 e. The summed E-state index contributed by atoms with van der Waals surface area (Å²) in [5, 5.41) is 8.24. The van der Waals surface area contributed by atoms with Crippen LogP contribution in [0.25, 0.3) is 70.5 Å². The van der Waals surface area contributed by atoms with Crippen LogP contribution < -0.4 is 15.0 Å². The van der Waals surface area contributed by atoms with Crippen LogP contribution in [0.2, 0.25) is 0 Å². The van der Waals surface area contributed by atoms with Gasteiger partial charge in [0.05, 0.1) is 48.6 Å². The van der Waals surface area contributed by atoms with E-state index in [2.05, 4.69) is 53.7 Å². The Morgan fingerprint density at radius 1 is 0.443 bits per heavy atom. The first kappa shape index (κ1) is 59.4. The summed E-state index contributed by atoms with van der Waals surface area (Å²) in [7, 11) is 0. The van der Waals surface area contributed by atoms with Crippen LogP contribution in [-0.2, 0) is 9.47 Å². The average molecular weight is 1080 g/mol. The van der Waals surface area contributed by atoms with E-state index >= 15 is 4.79 Å². The smallest absolute Gasteiger partial charge is 0.338 e. The van der Waals surface area contributed by atoms with Gasteiger partial charge in [-0.15, -0.1) is 0 Å². The molecule has 2 unspecified atom stereocenters. The van der Waals surface area contributed by atoms with Crippen molar-refractivity contribution in [2.75, 3.05) is 26.4 Å². The highest BCUT2D eigenvalue weighted by molar-refractivity contribution is 6.39. The molecule has 0 aliphatic rings. The molecule has 0 aliphatic heterocycles. The summed E-state index contributed by atoms with van der Waals surface area (Å²) in [6, 6.07) is 19.8. The third-order valence-corrected chi connectivity index (χ3v) is 17.2. The Labute approximate surface area is 471 Å². The van der Waals surface area contributed by atoms with E-state index in [1.165, 1.54) is 103 Å². The van der Waals surface area contributed by atoms with E-state index in [4.69, 9.17) is 23.9 Å². The Morgan fingerprint density at radius 3 is 1.28 bits per heavy atom. The number of hydrogen-bond acceptors (Lipinski definition) is 8. The zero-order valence-electron chi connectivity index (χ0n) is 49.3. The molecule has 0 fully saturated rings. The highest BCUT2D eigenvalue weighted by atomic mass is 16.5. The fourth-order valence-electron chi connectivity index (χ4n) is 12.3. The van der Waals surface area contributed by atoms with Crippen molar-refractivity contribution in [3.05, 3.63) is 82.1 Å². The van der Waals surface area contributed by atoms with Crippen molar-refractivity contribution in [3.63, 3.8) is 0 Å². The number of benzene rings is 6. The van der Waals surface area contributed by atoms with Gasteiger partial charge in [-0.1, -0.05) is 220 Å². The van der Waals surface area contributed by atoms with Crippen molar-refractivity contribution in [3.8, 4) is 11.5 Å². The molecular formula is C70H94N2O7. The first-order valence-corrected chi connectivity index (χ1v) is 31.7. The molecule has 0 radical (unpaired) electrons. The number of aromatic nitrogens is 2. The molecule has 8 rings (SSSR count). The molecule has 0 bridgehead atoms. The third-order valence-electron chi connectivity index (χ3n) is 17.2. The second-order valence-electron chi connectivity index (χ2n) is 23.1. The zero-order valence-corrected chi connectivity index (χ0v) is 49.3. The maximum atomic E-state index is 15.1. The van der Waals surface area contributed by atoms with Crippen LogP contribution in [0.5, 0.6) is 11.5 Å². The number of hydrogen-bond donors (Lipinski definition) is 0. The molecule has 2 heterocycles. The quantitative estimate of drug-likeness (QED) is 0.0163. The Balaban J connectivity index is 1.15. The van der Waals surface area contributed by atoms with E-state index in [9.17, 15) is 9.59 Å². The van der Waals surface area contributed by atoms with Crippen molar-refractivity contribution in [2.45, 2.75) is 221 Å². The lowest BCUT2D eigenvalue weighted by Crippen LogP contribution is -2.17. The van der Waals surface area contributed by atoms with Crippen LogP contribution in [0.4, 0.5) is 0 Å². The van der Waals surface area contributed by atoms with Gasteiger partial charge in [0.2, 0.25) is 0 Å². The monoisotopic (exact) mass is 1070 g/mol. The number of fused-ring (bicyclic) bond motifs is 6. The van der Waals surface area contributed by atoms with E-state index < -0.39 is 11.9 Å². The number of imidazole rings is 1. The summed E-state index contributed by atoms with van der Waals surface area (Å²) in [5.74, 6) is 0.960. The van der Waals surface area contributed by atoms with Crippen molar-refractivity contribution < 1.29 is 28.5 Å². The van der Waals surface area contributed by atoms with Crippen LogP contribution in [0, 0.1) is 11.8 Å². The van der Waals surface area contributed by atoms with Gasteiger partial charge in [0, 0.05) is 33.7 Å².